The van der Waals surface area contributed by atoms with Crippen LogP contribution in [0.5, 0.6) is 5.75 Å². The number of ether oxygens (including phenoxy) is 1. The molecule has 0 unspecified atom stereocenters. The fourth-order valence-electron chi connectivity index (χ4n) is 2.90. The number of aromatic nitrogens is 1. The van der Waals surface area contributed by atoms with Crippen molar-refractivity contribution in [1.29, 1.82) is 0 Å². The summed E-state index contributed by atoms with van der Waals surface area (Å²) in [6.45, 7) is 1.48. The third-order valence-corrected chi connectivity index (χ3v) is 4.22. The molecule has 0 spiro atoms. The normalized spacial score (nSPS) is 11.5. The van der Waals surface area contributed by atoms with Crippen LogP contribution in [0.3, 0.4) is 0 Å². The molecule has 0 aliphatic rings. The Labute approximate surface area is 148 Å². The topological polar surface area (TPSA) is 61.4 Å². The van der Waals surface area contributed by atoms with Gasteiger partial charge in [-0.1, -0.05) is 36.4 Å². The molecule has 5 nitrogen and oxygen atoms in total. The first-order chi connectivity index (χ1) is 12.3. The minimum absolute atomic E-state index is 0.663. The highest BCUT2D eigenvalue weighted by Gasteiger charge is 2.05. The van der Waals surface area contributed by atoms with Crippen molar-refractivity contribution in [2.45, 2.75) is 13.0 Å². The Morgan fingerprint density at radius 3 is 2.68 bits per heavy atom. The van der Waals surface area contributed by atoms with Crippen molar-refractivity contribution in [3.8, 4) is 5.75 Å². The lowest BCUT2D eigenvalue weighted by Gasteiger charge is -2.13. The standard InChI is InChI=1S/C20H24N4O/c1-21-20(24-14-16-7-3-6-10-19(16)25-2)22-12-11-15-13-23-18-9-5-4-8-17(15)18/h3-10,13,23H,11-12,14H2,1-2H3,(H2,21,22,24). The molecule has 0 bridgehead atoms. The maximum absolute atomic E-state index is 5.38. The summed E-state index contributed by atoms with van der Waals surface area (Å²) in [7, 11) is 3.47. The van der Waals surface area contributed by atoms with Crippen LogP contribution in [-0.2, 0) is 13.0 Å². The van der Waals surface area contributed by atoms with Gasteiger partial charge in [0.15, 0.2) is 5.96 Å². The van der Waals surface area contributed by atoms with E-state index in [4.69, 9.17) is 4.74 Å². The molecule has 0 amide bonds. The zero-order chi connectivity index (χ0) is 17.5. The Kier molecular flexibility index (Phi) is 5.57. The van der Waals surface area contributed by atoms with Gasteiger partial charge in [-0.3, -0.25) is 4.99 Å². The van der Waals surface area contributed by atoms with Crippen LogP contribution in [0, 0.1) is 0 Å². The summed E-state index contributed by atoms with van der Waals surface area (Å²) in [4.78, 5) is 7.60. The number of hydrogen-bond acceptors (Lipinski definition) is 2. The molecule has 3 rings (SSSR count). The Balaban J connectivity index is 1.53. The maximum atomic E-state index is 5.38. The summed E-state index contributed by atoms with van der Waals surface area (Å²) < 4.78 is 5.38. The quantitative estimate of drug-likeness (QED) is 0.479. The molecule has 0 atom stereocenters. The Hall–Kier alpha value is -2.95. The van der Waals surface area contributed by atoms with Crippen LogP contribution in [0.1, 0.15) is 11.1 Å². The van der Waals surface area contributed by atoms with Crippen LogP contribution in [0.4, 0.5) is 0 Å². The number of benzene rings is 2. The first-order valence-electron chi connectivity index (χ1n) is 8.43. The summed E-state index contributed by atoms with van der Waals surface area (Å²) in [5.41, 5.74) is 3.59. The third kappa shape index (κ3) is 4.12. The predicted octanol–water partition coefficient (Wildman–Crippen LogP) is 3.08. The predicted molar refractivity (Wildman–Crippen MR) is 103 cm³/mol. The van der Waals surface area contributed by atoms with Crippen molar-refractivity contribution in [2.24, 2.45) is 4.99 Å². The summed E-state index contributed by atoms with van der Waals surface area (Å²) in [5.74, 6) is 1.66. The average Bonchev–Trinajstić information content (AvgIpc) is 3.08. The number of nitrogens with one attached hydrogen (secondary N) is 3. The molecule has 3 N–H and O–H groups in total. The van der Waals surface area contributed by atoms with Gasteiger partial charge in [0.2, 0.25) is 0 Å². The third-order valence-electron chi connectivity index (χ3n) is 4.22. The highest BCUT2D eigenvalue weighted by Crippen LogP contribution is 2.18. The molecule has 0 aliphatic carbocycles. The van der Waals surface area contributed by atoms with E-state index >= 15 is 0 Å². The van der Waals surface area contributed by atoms with Crippen LogP contribution in [0.15, 0.2) is 59.7 Å². The number of fused-ring (bicyclic) bond motifs is 1. The van der Waals surface area contributed by atoms with Gasteiger partial charge in [0.25, 0.3) is 0 Å². The SMILES string of the molecule is CN=C(NCCc1c[nH]c2ccccc12)NCc1ccccc1OC. The molecule has 5 heteroatoms. The average molecular weight is 336 g/mol. The van der Waals surface area contributed by atoms with E-state index in [0.717, 1.165) is 30.2 Å². The first-order valence-corrected chi connectivity index (χ1v) is 8.43. The molecule has 0 radical (unpaired) electrons. The van der Waals surface area contributed by atoms with Gasteiger partial charge >= 0.3 is 0 Å². The Morgan fingerprint density at radius 2 is 1.84 bits per heavy atom. The van der Waals surface area contributed by atoms with Gasteiger partial charge in [0.05, 0.1) is 7.11 Å². The number of rotatable bonds is 6. The molecule has 0 saturated heterocycles. The van der Waals surface area contributed by atoms with Gasteiger partial charge in [-0.15, -0.1) is 0 Å². The van der Waals surface area contributed by atoms with Gasteiger partial charge < -0.3 is 20.4 Å². The molecule has 2 aromatic carbocycles. The van der Waals surface area contributed by atoms with E-state index in [-0.39, 0.29) is 0 Å². The second kappa shape index (κ2) is 8.24. The highest BCUT2D eigenvalue weighted by atomic mass is 16.5. The Morgan fingerprint density at radius 1 is 1.04 bits per heavy atom. The molecule has 0 aliphatic heterocycles. The van der Waals surface area contributed by atoms with Crippen LogP contribution in [0.25, 0.3) is 10.9 Å². The van der Waals surface area contributed by atoms with Crippen molar-refractivity contribution in [3.05, 3.63) is 65.9 Å². The molecule has 0 saturated carbocycles. The van der Waals surface area contributed by atoms with E-state index in [1.165, 1.54) is 16.5 Å². The molecule has 0 fully saturated rings. The van der Waals surface area contributed by atoms with Crippen LogP contribution >= 0.6 is 0 Å². The number of para-hydroxylation sites is 2. The lowest BCUT2D eigenvalue weighted by Crippen LogP contribution is -2.37. The number of aromatic amines is 1. The zero-order valence-electron chi connectivity index (χ0n) is 14.7. The van der Waals surface area contributed by atoms with Crippen molar-refractivity contribution >= 4 is 16.9 Å². The van der Waals surface area contributed by atoms with E-state index in [0.29, 0.717) is 6.54 Å². The Bertz CT molecular complexity index is 854. The van der Waals surface area contributed by atoms with E-state index in [1.54, 1.807) is 14.2 Å². The second-order valence-corrected chi connectivity index (χ2v) is 5.77. The van der Waals surface area contributed by atoms with Crippen LogP contribution in [0.2, 0.25) is 0 Å². The van der Waals surface area contributed by atoms with Gasteiger partial charge in [-0.25, -0.2) is 0 Å². The van der Waals surface area contributed by atoms with Crippen molar-refractivity contribution in [1.82, 2.24) is 15.6 Å². The monoisotopic (exact) mass is 336 g/mol. The molecule has 1 heterocycles. The summed E-state index contributed by atoms with van der Waals surface area (Å²) in [5, 5.41) is 7.97. The maximum Gasteiger partial charge on any atom is 0.191 e. The van der Waals surface area contributed by atoms with Gasteiger partial charge in [0.1, 0.15) is 5.75 Å². The van der Waals surface area contributed by atoms with Gasteiger partial charge in [-0.05, 0) is 24.1 Å². The number of methoxy groups -OCH3 is 1. The summed E-state index contributed by atoms with van der Waals surface area (Å²) in [6.07, 6.45) is 3.01. The van der Waals surface area contributed by atoms with E-state index in [2.05, 4.69) is 45.0 Å². The van der Waals surface area contributed by atoms with Crippen molar-refractivity contribution < 1.29 is 4.74 Å². The van der Waals surface area contributed by atoms with Crippen molar-refractivity contribution in [2.75, 3.05) is 20.7 Å². The molecule has 1 aromatic heterocycles. The summed E-state index contributed by atoms with van der Waals surface area (Å²) in [6, 6.07) is 16.3. The number of nitrogens with zero attached hydrogens (tertiary/aromatic N) is 1. The van der Waals surface area contributed by atoms with Crippen LogP contribution in [-0.4, -0.2) is 31.6 Å². The first kappa shape index (κ1) is 16.9. The summed E-state index contributed by atoms with van der Waals surface area (Å²) >= 11 is 0. The van der Waals surface area contributed by atoms with Gasteiger partial charge in [-0.2, -0.15) is 0 Å². The molecule has 25 heavy (non-hydrogen) atoms. The zero-order valence-corrected chi connectivity index (χ0v) is 14.7. The largest absolute Gasteiger partial charge is 0.496 e. The minimum Gasteiger partial charge on any atom is -0.496 e. The van der Waals surface area contributed by atoms with E-state index < -0.39 is 0 Å². The molecule has 130 valence electrons. The highest BCUT2D eigenvalue weighted by molar-refractivity contribution is 5.83. The number of hydrogen-bond donors (Lipinski definition) is 3. The minimum atomic E-state index is 0.663. The fraction of sp³-hybridized carbons (Fsp3) is 0.250. The lowest BCUT2D eigenvalue weighted by molar-refractivity contribution is 0.409. The molecular formula is C20H24N4O. The fourth-order valence-corrected chi connectivity index (χ4v) is 2.90. The van der Waals surface area contributed by atoms with Crippen molar-refractivity contribution in [3.63, 3.8) is 0 Å². The number of guanidine groups is 1. The molecular weight excluding hydrogens is 312 g/mol. The smallest absolute Gasteiger partial charge is 0.191 e. The van der Waals surface area contributed by atoms with E-state index in [9.17, 15) is 0 Å². The number of aliphatic imine (C=N–C) groups is 1. The lowest BCUT2D eigenvalue weighted by atomic mass is 10.1. The second-order valence-electron chi connectivity index (χ2n) is 5.77. The number of H-pyrrole nitrogens is 1. The molecule has 3 aromatic rings. The van der Waals surface area contributed by atoms with Gasteiger partial charge in [0, 0.05) is 42.8 Å². The van der Waals surface area contributed by atoms with E-state index in [1.807, 2.05) is 30.3 Å². The van der Waals surface area contributed by atoms with Crippen LogP contribution < -0.4 is 15.4 Å².